The maximum Gasteiger partial charge on any atom is 0.0972 e. The molecule has 3 heteroatoms. The summed E-state index contributed by atoms with van der Waals surface area (Å²) in [5, 5.41) is 5.72. The van der Waals surface area contributed by atoms with E-state index in [1.54, 1.807) is 0 Å². The van der Waals surface area contributed by atoms with E-state index in [0.717, 1.165) is 66.4 Å². The second-order valence-electron chi connectivity index (χ2n) is 11.6. The predicted octanol–water partition coefficient (Wildman–Crippen LogP) is 11.2. The molecule has 6 aromatic carbocycles. The molecule has 0 fully saturated rings. The minimum atomic E-state index is 0.920. The lowest BCUT2D eigenvalue weighted by Crippen LogP contribution is -1.93. The van der Waals surface area contributed by atoms with E-state index < -0.39 is 0 Å². The maximum atomic E-state index is 5.29. The molecule has 0 aliphatic heterocycles. The summed E-state index contributed by atoms with van der Waals surface area (Å²) in [6.45, 7) is 0. The van der Waals surface area contributed by atoms with E-state index >= 15 is 0 Å². The lowest BCUT2D eigenvalue weighted by atomic mass is 9.90. The molecule has 0 aliphatic carbocycles. The average molecular weight is 586 g/mol. The summed E-state index contributed by atoms with van der Waals surface area (Å²) in [5.41, 5.74) is 11.5. The molecule has 0 radical (unpaired) electrons. The van der Waals surface area contributed by atoms with E-state index in [1.165, 1.54) is 21.9 Å². The highest BCUT2D eigenvalue weighted by Crippen LogP contribution is 2.41. The van der Waals surface area contributed by atoms with Crippen LogP contribution in [-0.4, -0.2) is 15.0 Å². The Labute approximate surface area is 266 Å². The second kappa shape index (κ2) is 10.8. The van der Waals surface area contributed by atoms with Gasteiger partial charge in [-0.15, -0.1) is 0 Å². The van der Waals surface area contributed by atoms with Gasteiger partial charge in [0.2, 0.25) is 0 Å². The van der Waals surface area contributed by atoms with Crippen molar-refractivity contribution in [3.8, 4) is 44.8 Å². The van der Waals surface area contributed by atoms with Gasteiger partial charge in [0.05, 0.1) is 27.9 Å². The molecule has 9 aromatic rings. The van der Waals surface area contributed by atoms with Gasteiger partial charge in [-0.3, -0.25) is 4.98 Å². The van der Waals surface area contributed by atoms with Gasteiger partial charge in [0.1, 0.15) is 0 Å². The molecule has 0 unspecified atom stereocenters. The highest BCUT2D eigenvalue weighted by atomic mass is 14.8. The van der Waals surface area contributed by atoms with Crippen LogP contribution in [0.1, 0.15) is 0 Å². The Balaban J connectivity index is 1.28. The molecule has 0 amide bonds. The summed E-state index contributed by atoms with van der Waals surface area (Å²) in [6, 6.07) is 55.5. The van der Waals surface area contributed by atoms with Gasteiger partial charge in [0.25, 0.3) is 0 Å². The van der Waals surface area contributed by atoms with Crippen molar-refractivity contribution >= 4 is 43.5 Å². The number of benzene rings is 6. The van der Waals surface area contributed by atoms with Crippen LogP contribution in [0.25, 0.3) is 88.2 Å². The molecule has 0 spiro atoms. The van der Waals surface area contributed by atoms with Crippen LogP contribution in [0, 0.1) is 0 Å². The third-order valence-electron chi connectivity index (χ3n) is 8.87. The number of hydrogen-bond donors (Lipinski definition) is 0. The fraction of sp³-hybridized carbons (Fsp3) is 0. The first-order valence-corrected chi connectivity index (χ1v) is 15.5. The number of rotatable bonds is 4. The van der Waals surface area contributed by atoms with Crippen LogP contribution in [0.4, 0.5) is 0 Å². The normalized spacial score (nSPS) is 11.5. The van der Waals surface area contributed by atoms with Crippen molar-refractivity contribution in [1.82, 2.24) is 15.0 Å². The fourth-order valence-corrected chi connectivity index (χ4v) is 6.67. The van der Waals surface area contributed by atoms with E-state index in [1.807, 2.05) is 18.3 Å². The SMILES string of the molecule is c1ccc(-c2cc(-c3ccccc3)c3c(cc(-c4cccc(-c5ccc6ccc7cccnc7c6n5)c4)c4ccccc43)n2)cc1. The van der Waals surface area contributed by atoms with E-state index in [-0.39, 0.29) is 0 Å². The van der Waals surface area contributed by atoms with Gasteiger partial charge < -0.3 is 0 Å². The summed E-state index contributed by atoms with van der Waals surface area (Å²) in [6.07, 6.45) is 1.84. The first-order valence-electron chi connectivity index (χ1n) is 15.5. The molecule has 3 nitrogen and oxygen atoms in total. The first-order chi connectivity index (χ1) is 22.8. The largest absolute Gasteiger partial charge is 0.254 e. The minimum absolute atomic E-state index is 0.920. The number of nitrogens with zero attached hydrogens (tertiary/aromatic N) is 3. The summed E-state index contributed by atoms with van der Waals surface area (Å²) in [5.74, 6) is 0. The van der Waals surface area contributed by atoms with Gasteiger partial charge >= 0.3 is 0 Å². The molecule has 0 saturated heterocycles. The molecule has 0 aliphatic rings. The van der Waals surface area contributed by atoms with Crippen molar-refractivity contribution in [2.24, 2.45) is 0 Å². The molecular formula is C43H27N3. The molecule has 0 atom stereocenters. The number of pyridine rings is 3. The molecule has 0 N–H and O–H groups in total. The van der Waals surface area contributed by atoms with Gasteiger partial charge in [-0.25, -0.2) is 9.97 Å². The van der Waals surface area contributed by atoms with E-state index in [9.17, 15) is 0 Å². The number of fused-ring (bicyclic) bond motifs is 6. The van der Waals surface area contributed by atoms with Crippen molar-refractivity contribution in [1.29, 1.82) is 0 Å². The Kier molecular flexibility index (Phi) is 6.14. The summed E-state index contributed by atoms with van der Waals surface area (Å²) < 4.78 is 0. The topological polar surface area (TPSA) is 38.7 Å². The lowest BCUT2D eigenvalue weighted by molar-refractivity contribution is 1.37. The molecule has 9 rings (SSSR count). The Morgan fingerprint density at radius 2 is 1.04 bits per heavy atom. The van der Waals surface area contributed by atoms with Crippen molar-refractivity contribution < 1.29 is 0 Å². The second-order valence-corrected chi connectivity index (χ2v) is 11.6. The van der Waals surface area contributed by atoms with Crippen LogP contribution < -0.4 is 0 Å². The van der Waals surface area contributed by atoms with Crippen LogP contribution in [0.15, 0.2) is 164 Å². The Morgan fingerprint density at radius 1 is 0.370 bits per heavy atom. The lowest BCUT2D eigenvalue weighted by Gasteiger charge is -2.16. The molecular weight excluding hydrogens is 558 g/mol. The van der Waals surface area contributed by atoms with E-state index in [4.69, 9.17) is 9.97 Å². The van der Waals surface area contributed by atoms with Gasteiger partial charge in [0.15, 0.2) is 0 Å². The smallest absolute Gasteiger partial charge is 0.0972 e. The van der Waals surface area contributed by atoms with Crippen LogP contribution in [0.3, 0.4) is 0 Å². The number of aromatic nitrogens is 3. The monoisotopic (exact) mass is 585 g/mol. The Morgan fingerprint density at radius 3 is 1.87 bits per heavy atom. The minimum Gasteiger partial charge on any atom is -0.254 e. The summed E-state index contributed by atoms with van der Waals surface area (Å²) in [7, 11) is 0. The van der Waals surface area contributed by atoms with E-state index in [0.29, 0.717) is 0 Å². The predicted molar refractivity (Wildman–Crippen MR) is 192 cm³/mol. The average Bonchev–Trinajstić information content (AvgIpc) is 3.14. The van der Waals surface area contributed by atoms with Gasteiger partial charge in [-0.2, -0.15) is 0 Å². The maximum absolute atomic E-state index is 5.29. The Bertz CT molecular complexity index is 2570. The molecule has 3 heterocycles. The molecule has 0 bridgehead atoms. The highest BCUT2D eigenvalue weighted by molar-refractivity contribution is 6.18. The quantitative estimate of drug-likeness (QED) is 0.193. The fourth-order valence-electron chi connectivity index (χ4n) is 6.67. The summed E-state index contributed by atoms with van der Waals surface area (Å²) in [4.78, 5) is 15.1. The standard InChI is InChI=1S/C43H27N3/c1-3-11-28(12-4-1)37-27-39(29-13-5-2-6-14-29)45-40-26-36(34-18-7-8-19-35(34)41(37)40)32-15-9-16-33(25-32)38-23-22-31-21-20-30-17-10-24-44-42(30)43(31)46-38/h1-27H. The van der Waals surface area contributed by atoms with E-state index in [2.05, 4.69) is 151 Å². The van der Waals surface area contributed by atoms with Crippen LogP contribution >= 0.6 is 0 Å². The van der Waals surface area contributed by atoms with Gasteiger partial charge in [0, 0.05) is 33.5 Å². The van der Waals surface area contributed by atoms with Crippen molar-refractivity contribution in [2.45, 2.75) is 0 Å². The summed E-state index contributed by atoms with van der Waals surface area (Å²) >= 11 is 0. The Hall–Kier alpha value is -6.19. The number of hydrogen-bond acceptors (Lipinski definition) is 3. The molecule has 0 saturated carbocycles. The molecule has 214 valence electrons. The van der Waals surface area contributed by atoms with Gasteiger partial charge in [-0.1, -0.05) is 127 Å². The van der Waals surface area contributed by atoms with Crippen molar-refractivity contribution in [2.75, 3.05) is 0 Å². The van der Waals surface area contributed by atoms with Crippen LogP contribution in [-0.2, 0) is 0 Å². The van der Waals surface area contributed by atoms with Gasteiger partial charge in [-0.05, 0) is 63.4 Å². The zero-order chi connectivity index (χ0) is 30.5. The zero-order valence-corrected chi connectivity index (χ0v) is 24.9. The molecule has 3 aromatic heterocycles. The van der Waals surface area contributed by atoms with Crippen LogP contribution in [0.2, 0.25) is 0 Å². The highest BCUT2D eigenvalue weighted by Gasteiger charge is 2.16. The van der Waals surface area contributed by atoms with Crippen molar-refractivity contribution in [3.63, 3.8) is 0 Å². The van der Waals surface area contributed by atoms with Crippen molar-refractivity contribution in [3.05, 3.63) is 164 Å². The molecule has 46 heavy (non-hydrogen) atoms. The third kappa shape index (κ3) is 4.41. The first kappa shape index (κ1) is 26.2. The van der Waals surface area contributed by atoms with Crippen LogP contribution in [0.5, 0.6) is 0 Å². The zero-order valence-electron chi connectivity index (χ0n) is 24.9. The third-order valence-corrected chi connectivity index (χ3v) is 8.87.